The summed E-state index contributed by atoms with van der Waals surface area (Å²) in [5.41, 5.74) is 6.31. The van der Waals surface area contributed by atoms with E-state index in [-0.39, 0.29) is 22.9 Å². The zero-order chi connectivity index (χ0) is 17.4. The molecule has 0 saturated heterocycles. The fraction of sp³-hybridized carbons (Fsp3) is 0.188. The average molecular weight is 347 g/mol. The molecule has 8 heteroatoms. The maximum Gasteiger partial charge on any atom is 0.273 e. The Bertz CT molecular complexity index is 991. The van der Waals surface area contributed by atoms with Crippen molar-refractivity contribution >= 4 is 23.2 Å². The second-order valence-corrected chi connectivity index (χ2v) is 5.91. The second-order valence-electron chi connectivity index (χ2n) is 5.50. The Morgan fingerprint density at radius 3 is 2.79 bits per heavy atom. The molecular weight excluding hydrogens is 332 g/mol. The number of primary amides is 1. The number of hydrogen-bond acceptors (Lipinski definition) is 4. The van der Waals surface area contributed by atoms with E-state index >= 15 is 0 Å². The first-order valence-corrected chi connectivity index (χ1v) is 7.62. The van der Waals surface area contributed by atoms with Crippen LogP contribution in [0, 0.1) is 0 Å². The molecule has 3 N–H and O–H groups in total. The quantitative estimate of drug-likeness (QED) is 0.756. The lowest BCUT2D eigenvalue weighted by Gasteiger charge is -2.12. The van der Waals surface area contributed by atoms with Crippen LogP contribution in [-0.2, 0) is 0 Å². The monoisotopic (exact) mass is 346 g/mol. The molecule has 7 nitrogen and oxygen atoms in total. The van der Waals surface area contributed by atoms with Crippen LogP contribution in [0.3, 0.4) is 0 Å². The maximum absolute atomic E-state index is 12.2. The van der Waals surface area contributed by atoms with Crippen LogP contribution in [-0.4, -0.2) is 26.6 Å². The van der Waals surface area contributed by atoms with Crippen LogP contribution in [0.1, 0.15) is 24.2 Å². The molecule has 0 spiro atoms. The van der Waals surface area contributed by atoms with Crippen LogP contribution in [0.4, 0.5) is 0 Å². The second kappa shape index (κ2) is 6.01. The van der Waals surface area contributed by atoms with Crippen LogP contribution in [0.25, 0.3) is 16.9 Å². The van der Waals surface area contributed by atoms with E-state index in [0.29, 0.717) is 22.0 Å². The zero-order valence-electron chi connectivity index (χ0n) is 13.0. The first-order chi connectivity index (χ1) is 11.4. The minimum atomic E-state index is -0.669. The van der Waals surface area contributed by atoms with Crippen molar-refractivity contribution in [3.05, 3.63) is 51.4 Å². The third-order valence-corrected chi connectivity index (χ3v) is 3.66. The molecule has 1 aromatic carbocycles. The molecule has 0 saturated carbocycles. The van der Waals surface area contributed by atoms with E-state index in [1.807, 2.05) is 13.8 Å². The summed E-state index contributed by atoms with van der Waals surface area (Å²) in [4.78, 5) is 28.1. The molecule has 0 bridgehead atoms. The summed E-state index contributed by atoms with van der Waals surface area (Å²) >= 11 is 6.13. The molecule has 2 aromatic heterocycles. The van der Waals surface area contributed by atoms with Gasteiger partial charge in [0, 0.05) is 17.8 Å². The summed E-state index contributed by atoms with van der Waals surface area (Å²) in [6.07, 6.45) is 1.30. The molecule has 0 aliphatic carbocycles. The highest BCUT2D eigenvalue weighted by Crippen LogP contribution is 2.30. The smallest absolute Gasteiger partial charge is 0.273 e. The van der Waals surface area contributed by atoms with Gasteiger partial charge in [0.25, 0.3) is 11.5 Å². The standard InChI is InChI=1S/C16H15ClN4O3/c1-8(2)24-13-5-9(3-4-11(13)17)12-6-14(22)21-16(20-12)10(7-19-21)15(18)23/h3-8,19H,1-2H3,(H2,18,23). The number of H-pyrrole nitrogens is 1. The lowest BCUT2D eigenvalue weighted by molar-refractivity contribution is 0.100. The molecule has 0 aliphatic heterocycles. The van der Waals surface area contributed by atoms with Crippen molar-refractivity contribution in [1.82, 2.24) is 14.6 Å². The van der Waals surface area contributed by atoms with E-state index in [1.165, 1.54) is 12.3 Å². The van der Waals surface area contributed by atoms with Gasteiger partial charge in [0.05, 0.1) is 16.8 Å². The minimum Gasteiger partial charge on any atom is -0.489 e. The summed E-state index contributed by atoms with van der Waals surface area (Å²) in [6, 6.07) is 6.46. The zero-order valence-corrected chi connectivity index (χ0v) is 13.8. The number of rotatable bonds is 4. The van der Waals surface area contributed by atoms with Gasteiger partial charge in [-0.2, -0.15) is 0 Å². The van der Waals surface area contributed by atoms with E-state index in [1.54, 1.807) is 18.2 Å². The Hall–Kier alpha value is -2.80. The fourth-order valence-corrected chi connectivity index (χ4v) is 2.48. The third-order valence-electron chi connectivity index (χ3n) is 3.35. The highest BCUT2D eigenvalue weighted by atomic mass is 35.5. The number of benzene rings is 1. The van der Waals surface area contributed by atoms with E-state index in [2.05, 4.69) is 10.1 Å². The highest BCUT2D eigenvalue weighted by Gasteiger charge is 2.15. The Kier molecular flexibility index (Phi) is 4.02. The first-order valence-electron chi connectivity index (χ1n) is 7.24. The normalized spacial score (nSPS) is 11.2. The Morgan fingerprint density at radius 1 is 1.38 bits per heavy atom. The number of carbonyl (C=O) groups excluding carboxylic acids is 1. The number of nitrogens with one attached hydrogen (secondary N) is 1. The molecular formula is C16H15ClN4O3. The molecule has 0 aliphatic rings. The number of aromatic nitrogens is 3. The van der Waals surface area contributed by atoms with Gasteiger partial charge < -0.3 is 10.5 Å². The average Bonchev–Trinajstić information content (AvgIpc) is 2.93. The fourth-order valence-electron chi connectivity index (χ4n) is 2.32. The van der Waals surface area contributed by atoms with Gasteiger partial charge in [-0.1, -0.05) is 17.7 Å². The van der Waals surface area contributed by atoms with Crippen LogP contribution in [0.2, 0.25) is 5.02 Å². The number of aromatic amines is 1. The number of ether oxygens (including phenoxy) is 1. The lowest BCUT2D eigenvalue weighted by atomic mass is 10.1. The topological polar surface area (TPSA) is 102 Å². The van der Waals surface area contributed by atoms with Gasteiger partial charge in [0.1, 0.15) is 11.3 Å². The number of amides is 1. The number of nitrogens with two attached hydrogens (primary N) is 1. The molecule has 3 aromatic rings. The van der Waals surface area contributed by atoms with Crippen LogP contribution < -0.4 is 16.0 Å². The predicted octanol–water partition coefficient (Wildman–Crippen LogP) is 2.23. The van der Waals surface area contributed by atoms with Crippen LogP contribution >= 0.6 is 11.6 Å². The SMILES string of the molecule is CC(C)Oc1cc(-c2cc(=O)n3[nH]cc(C(N)=O)c3n2)ccc1Cl. The van der Waals surface area contributed by atoms with Crippen molar-refractivity contribution in [2.24, 2.45) is 5.73 Å². The number of halogens is 1. The van der Waals surface area contributed by atoms with E-state index < -0.39 is 5.91 Å². The van der Waals surface area contributed by atoms with E-state index in [4.69, 9.17) is 22.1 Å². The van der Waals surface area contributed by atoms with Gasteiger partial charge in [-0.3, -0.25) is 14.7 Å². The summed E-state index contributed by atoms with van der Waals surface area (Å²) in [6.45, 7) is 3.78. The third kappa shape index (κ3) is 2.85. The summed E-state index contributed by atoms with van der Waals surface area (Å²) < 4.78 is 6.81. The summed E-state index contributed by atoms with van der Waals surface area (Å²) in [5.74, 6) is -0.173. The van der Waals surface area contributed by atoms with Gasteiger partial charge >= 0.3 is 0 Å². The first kappa shape index (κ1) is 16.1. The molecule has 24 heavy (non-hydrogen) atoms. The molecule has 124 valence electrons. The molecule has 1 amide bonds. The lowest BCUT2D eigenvalue weighted by Crippen LogP contribution is -2.16. The predicted molar refractivity (Wildman–Crippen MR) is 90.5 cm³/mol. The molecule has 0 radical (unpaired) electrons. The number of fused-ring (bicyclic) bond motifs is 1. The van der Waals surface area contributed by atoms with Gasteiger partial charge in [-0.05, 0) is 26.0 Å². The number of hydrogen-bond donors (Lipinski definition) is 2. The van der Waals surface area contributed by atoms with Crippen molar-refractivity contribution in [3.8, 4) is 17.0 Å². The minimum absolute atomic E-state index is 0.0510. The highest BCUT2D eigenvalue weighted by molar-refractivity contribution is 6.32. The maximum atomic E-state index is 12.2. The molecule has 0 unspecified atom stereocenters. The van der Waals surface area contributed by atoms with Crippen molar-refractivity contribution in [1.29, 1.82) is 0 Å². The van der Waals surface area contributed by atoms with E-state index in [0.717, 1.165) is 4.52 Å². The van der Waals surface area contributed by atoms with Crippen molar-refractivity contribution in [2.75, 3.05) is 0 Å². The summed E-state index contributed by atoms with van der Waals surface area (Å²) in [7, 11) is 0. The molecule has 0 fully saturated rings. The van der Waals surface area contributed by atoms with Gasteiger partial charge in [-0.25, -0.2) is 9.50 Å². The van der Waals surface area contributed by atoms with Gasteiger partial charge in [0.15, 0.2) is 5.65 Å². The van der Waals surface area contributed by atoms with Crippen LogP contribution in [0.5, 0.6) is 5.75 Å². The van der Waals surface area contributed by atoms with Gasteiger partial charge in [0.2, 0.25) is 0 Å². The van der Waals surface area contributed by atoms with Crippen LogP contribution in [0.15, 0.2) is 35.3 Å². The number of carbonyl (C=O) groups is 1. The summed E-state index contributed by atoms with van der Waals surface area (Å²) in [5, 5.41) is 3.12. The largest absolute Gasteiger partial charge is 0.489 e. The van der Waals surface area contributed by atoms with Crippen molar-refractivity contribution in [3.63, 3.8) is 0 Å². The van der Waals surface area contributed by atoms with Gasteiger partial charge in [-0.15, -0.1) is 0 Å². The van der Waals surface area contributed by atoms with Crippen molar-refractivity contribution in [2.45, 2.75) is 20.0 Å². The Balaban J connectivity index is 2.17. The Labute approximate surface area is 142 Å². The Morgan fingerprint density at radius 2 is 2.12 bits per heavy atom. The van der Waals surface area contributed by atoms with Crippen molar-refractivity contribution < 1.29 is 9.53 Å². The molecule has 0 atom stereocenters. The van der Waals surface area contributed by atoms with E-state index in [9.17, 15) is 9.59 Å². The number of nitrogens with zero attached hydrogens (tertiary/aromatic N) is 2. The molecule has 2 heterocycles. The molecule has 3 rings (SSSR count).